The van der Waals surface area contributed by atoms with Crippen LogP contribution in [0.2, 0.25) is 0 Å². The summed E-state index contributed by atoms with van der Waals surface area (Å²) in [6, 6.07) is 14.7. The molecule has 3 saturated heterocycles. The van der Waals surface area contributed by atoms with Crippen molar-refractivity contribution in [3.05, 3.63) is 53.4 Å². The molecular weight excluding hydrogens is 424 g/mol. The number of anilines is 2. The van der Waals surface area contributed by atoms with Gasteiger partial charge in [-0.2, -0.15) is 0 Å². The molecule has 0 radical (unpaired) electrons. The summed E-state index contributed by atoms with van der Waals surface area (Å²) < 4.78 is 6.09. The first-order chi connectivity index (χ1) is 15.6. The highest BCUT2D eigenvalue weighted by atomic mass is 32.1. The summed E-state index contributed by atoms with van der Waals surface area (Å²) in [5.74, 6) is 1.32. The van der Waals surface area contributed by atoms with Gasteiger partial charge >= 0.3 is 6.03 Å². The van der Waals surface area contributed by atoms with E-state index in [0.717, 1.165) is 35.5 Å². The molecule has 3 aliphatic rings. The van der Waals surface area contributed by atoms with Crippen molar-refractivity contribution in [3.8, 4) is 5.75 Å². The maximum Gasteiger partial charge on any atom is 0.323 e. The van der Waals surface area contributed by atoms with Gasteiger partial charge in [-0.15, -0.1) is 11.3 Å². The number of hydrogen-bond acceptors (Lipinski definition) is 5. The van der Waals surface area contributed by atoms with Crippen LogP contribution in [0.1, 0.15) is 22.5 Å². The van der Waals surface area contributed by atoms with E-state index >= 15 is 0 Å². The van der Waals surface area contributed by atoms with Gasteiger partial charge in [-0.05, 0) is 79.7 Å². The number of piperidine rings is 3. The van der Waals surface area contributed by atoms with E-state index in [1.165, 1.54) is 24.2 Å². The summed E-state index contributed by atoms with van der Waals surface area (Å²) in [6.07, 6.45) is 2.34. The van der Waals surface area contributed by atoms with Crippen LogP contribution in [0.3, 0.4) is 0 Å². The minimum Gasteiger partial charge on any atom is -0.497 e. The Kier molecular flexibility index (Phi) is 5.71. The maximum atomic E-state index is 12.9. The second-order valence-corrected chi connectivity index (χ2v) is 9.47. The highest BCUT2D eigenvalue weighted by Crippen LogP contribution is 2.31. The number of carbonyl (C=O) groups excluding carboxylic acids is 2. The number of hydrogen-bond donors (Lipinski definition) is 3. The molecule has 1 aromatic heterocycles. The summed E-state index contributed by atoms with van der Waals surface area (Å²) in [5, 5.41) is 9.90. The molecule has 0 unspecified atom stereocenters. The molecule has 3 amide bonds. The van der Waals surface area contributed by atoms with Crippen molar-refractivity contribution in [1.82, 2.24) is 10.2 Å². The summed E-state index contributed by atoms with van der Waals surface area (Å²) in [4.78, 5) is 28.4. The van der Waals surface area contributed by atoms with Crippen LogP contribution in [0.15, 0.2) is 48.5 Å². The zero-order chi connectivity index (χ0) is 22.1. The third kappa shape index (κ3) is 4.42. The van der Waals surface area contributed by atoms with Gasteiger partial charge < -0.3 is 25.6 Å². The van der Waals surface area contributed by atoms with Crippen LogP contribution in [0.4, 0.5) is 16.2 Å². The lowest BCUT2D eigenvalue weighted by Crippen LogP contribution is -2.57. The summed E-state index contributed by atoms with van der Waals surface area (Å²) in [5.41, 5.74) is 1.35. The Bertz CT molecular complexity index is 1140. The Morgan fingerprint density at radius 1 is 1.00 bits per heavy atom. The van der Waals surface area contributed by atoms with Crippen molar-refractivity contribution in [2.75, 3.05) is 37.4 Å². The molecule has 7 nitrogen and oxygen atoms in total. The lowest BCUT2D eigenvalue weighted by atomic mass is 9.84. The van der Waals surface area contributed by atoms with Crippen molar-refractivity contribution < 1.29 is 14.3 Å². The van der Waals surface area contributed by atoms with Crippen LogP contribution in [-0.2, 0) is 0 Å². The SMILES string of the molecule is COc1ccc(NC(=O)Nc2ccc3cc(C(=O)N[C@H]4CN5CCC4CC5)sc3c2)cc1. The Morgan fingerprint density at radius 3 is 2.41 bits per heavy atom. The van der Waals surface area contributed by atoms with Crippen molar-refractivity contribution in [2.45, 2.75) is 18.9 Å². The minimum atomic E-state index is -0.327. The first kappa shape index (κ1) is 20.8. The molecule has 0 saturated carbocycles. The lowest BCUT2D eigenvalue weighted by Gasteiger charge is -2.44. The number of methoxy groups -OCH3 is 1. The molecule has 3 aromatic rings. The van der Waals surface area contributed by atoms with E-state index in [1.54, 1.807) is 31.4 Å². The minimum absolute atomic E-state index is 0.00305. The molecular formula is C24H26N4O3S. The number of nitrogens with zero attached hydrogens (tertiary/aromatic N) is 1. The third-order valence-electron chi connectivity index (χ3n) is 6.32. The number of carbonyl (C=O) groups is 2. The molecule has 166 valence electrons. The van der Waals surface area contributed by atoms with Gasteiger partial charge in [0, 0.05) is 28.7 Å². The number of nitrogens with one attached hydrogen (secondary N) is 3. The highest BCUT2D eigenvalue weighted by molar-refractivity contribution is 7.20. The van der Waals surface area contributed by atoms with E-state index in [0.29, 0.717) is 22.2 Å². The zero-order valence-corrected chi connectivity index (χ0v) is 18.7. The Labute approximate surface area is 190 Å². The second kappa shape index (κ2) is 8.80. The first-order valence-corrected chi connectivity index (χ1v) is 11.7. The van der Waals surface area contributed by atoms with E-state index in [2.05, 4.69) is 20.9 Å². The van der Waals surface area contributed by atoms with Crippen molar-refractivity contribution in [1.29, 1.82) is 0 Å². The fourth-order valence-electron chi connectivity index (χ4n) is 4.56. The largest absolute Gasteiger partial charge is 0.497 e. The van der Waals surface area contributed by atoms with Crippen LogP contribution in [0, 0.1) is 5.92 Å². The number of benzene rings is 2. The fraction of sp³-hybridized carbons (Fsp3) is 0.333. The lowest BCUT2D eigenvalue weighted by molar-refractivity contribution is 0.0622. The fourth-order valence-corrected chi connectivity index (χ4v) is 5.56. The van der Waals surface area contributed by atoms with Crippen molar-refractivity contribution in [2.24, 2.45) is 5.92 Å². The summed E-state index contributed by atoms with van der Waals surface area (Å²) >= 11 is 1.45. The molecule has 3 N–H and O–H groups in total. The Hall–Kier alpha value is -3.10. The summed E-state index contributed by atoms with van der Waals surface area (Å²) in [7, 11) is 1.60. The predicted molar refractivity (Wildman–Crippen MR) is 128 cm³/mol. The van der Waals surface area contributed by atoms with Crippen LogP contribution in [0.5, 0.6) is 5.75 Å². The van der Waals surface area contributed by atoms with Gasteiger partial charge in [-0.25, -0.2) is 4.79 Å². The molecule has 3 fully saturated rings. The van der Waals surface area contributed by atoms with Crippen LogP contribution >= 0.6 is 11.3 Å². The van der Waals surface area contributed by atoms with Crippen LogP contribution in [0.25, 0.3) is 10.1 Å². The van der Waals surface area contributed by atoms with Gasteiger partial charge in [0.2, 0.25) is 0 Å². The van der Waals surface area contributed by atoms with E-state index in [9.17, 15) is 9.59 Å². The van der Waals surface area contributed by atoms with E-state index in [4.69, 9.17) is 4.74 Å². The predicted octanol–water partition coefficient (Wildman–Crippen LogP) is 4.38. The average Bonchev–Trinajstić information content (AvgIpc) is 3.24. The van der Waals surface area contributed by atoms with Gasteiger partial charge in [0.1, 0.15) is 5.75 Å². The maximum absolute atomic E-state index is 12.9. The van der Waals surface area contributed by atoms with Crippen LogP contribution in [-0.4, -0.2) is 49.6 Å². The van der Waals surface area contributed by atoms with Crippen LogP contribution < -0.4 is 20.7 Å². The number of fused-ring (bicyclic) bond motifs is 4. The topological polar surface area (TPSA) is 82.7 Å². The highest BCUT2D eigenvalue weighted by Gasteiger charge is 2.35. The van der Waals surface area contributed by atoms with Crippen molar-refractivity contribution in [3.63, 3.8) is 0 Å². The number of ether oxygens (including phenoxy) is 1. The van der Waals surface area contributed by atoms with Gasteiger partial charge in [0.25, 0.3) is 5.91 Å². The number of amides is 3. The number of urea groups is 1. The summed E-state index contributed by atoms with van der Waals surface area (Å²) in [6.45, 7) is 3.27. The quantitative estimate of drug-likeness (QED) is 0.539. The molecule has 32 heavy (non-hydrogen) atoms. The smallest absolute Gasteiger partial charge is 0.323 e. The average molecular weight is 451 g/mol. The third-order valence-corrected chi connectivity index (χ3v) is 7.42. The molecule has 0 aliphatic carbocycles. The van der Waals surface area contributed by atoms with Gasteiger partial charge in [0.05, 0.1) is 12.0 Å². The standard InChI is InChI=1S/C24H26N4O3S/c1-31-19-6-4-17(5-7-19)25-24(30)26-18-3-2-16-12-22(32-21(16)13-18)23(29)27-20-14-28-10-8-15(20)9-11-28/h2-7,12-13,15,20H,8-11,14H2,1H3,(H,27,29)(H2,25,26,30)/t20-/m0/s1. The molecule has 2 bridgehead atoms. The van der Waals surface area contributed by atoms with Gasteiger partial charge in [-0.3, -0.25) is 4.79 Å². The second-order valence-electron chi connectivity index (χ2n) is 8.39. The van der Waals surface area contributed by atoms with E-state index < -0.39 is 0 Å². The molecule has 8 heteroatoms. The van der Waals surface area contributed by atoms with Gasteiger partial charge in [-0.1, -0.05) is 6.07 Å². The normalized spacial score (nSPS) is 21.8. The van der Waals surface area contributed by atoms with E-state index in [-0.39, 0.29) is 18.0 Å². The van der Waals surface area contributed by atoms with Gasteiger partial charge in [0.15, 0.2) is 0 Å². The zero-order valence-electron chi connectivity index (χ0n) is 17.9. The monoisotopic (exact) mass is 450 g/mol. The molecule has 2 aromatic carbocycles. The number of rotatable bonds is 5. The first-order valence-electron chi connectivity index (χ1n) is 10.9. The number of thiophene rings is 1. The Balaban J connectivity index is 1.23. The molecule has 0 spiro atoms. The Morgan fingerprint density at radius 2 is 1.72 bits per heavy atom. The van der Waals surface area contributed by atoms with E-state index in [1.807, 2.05) is 24.3 Å². The molecule has 6 rings (SSSR count). The van der Waals surface area contributed by atoms with Crippen molar-refractivity contribution >= 4 is 44.7 Å². The molecule has 4 heterocycles. The molecule has 1 atom stereocenters. The molecule has 3 aliphatic heterocycles.